The van der Waals surface area contributed by atoms with Crippen LogP contribution in [-0.4, -0.2) is 76.0 Å². The Balaban J connectivity index is 1.24. The molecular formula is C38H38Cl2FN8O+. The van der Waals surface area contributed by atoms with Crippen LogP contribution in [0, 0.1) is 41.8 Å². The molecule has 50 heavy (non-hydrogen) atoms. The highest BCUT2D eigenvalue weighted by Crippen LogP contribution is 2.55. The van der Waals surface area contributed by atoms with Crippen molar-refractivity contribution in [3.63, 3.8) is 0 Å². The van der Waals surface area contributed by atoms with Crippen LogP contribution in [0.15, 0.2) is 34.5 Å². The molecule has 2 bridgehead atoms. The van der Waals surface area contributed by atoms with Gasteiger partial charge in [-0.05, 0) is 75.1 Å². The van der Waals surface area contributed by atoms with Crippen molar-refractivity contribution in [2.24, 2.45) is 28.0 Å². The van der Waals surface area contributed by atoms with Crippen LogP contribution in [0.3, 0.4) is 0 Å². The molecule has 5 fully saturated rings. The summed E-state index contributed by atoms with van der Waals surface area (Å²) in [5.41, 5.74) is 4.24. The Morgan fingerprint density at radius 1 is 1.24 bits per heavy atom. The monoisotopic (exact) mass is 711 g/mol. The van der Waals surface area contributed by atoms with Crippen LogP contribution in [0.2, 0.25) is 10.0 Å². The van der Waals surface area contributed by atoms with Gasteiger partial charge in [0.2, 0.25) is 12.1 Å². The van der Waals surface area contributed by atoms with E-state index in [4.69, 9.17) is 28.2 Å². The van der Waals surface area contributed by atoms with Gasteiger partial charge in [-0.1, -0.05) is 35.3 Å². The fourth-order valence-electron chi connectivity index (χ4n) is 9.59. The van der Waals surface area contributed by atoms with Crippen LogP contribution in [0.4, 0.5) is 10.1 Å². The molecule has 10 rings (SSSR count). The number of nitrogens with one attached hydrogen (secondary N) is 1. The molecule has 1 N–H and O–H groups in total. The Bertz CT molecular complexity index is 2080. The number of nitriles is 1. The zero-order valence-electron chi connectivity index (χ0n) is 28.0. The van der Waals surface area contributed by atoms with Gasteiger partial charge in [-0.2, -0.15) is 5.26 Å². The predicted octanol–water partition coefficient (Wildman–Crippen LogP) is 6.29. The Kier molecular flexibility index (Phi) is 7.58. The number of rotatable bonds is 7. The minimum atomic E-state index is -0.473. The normalized spacial score (nSPS) is 29.2. The first kappa shape index (κ1) is 32.0. The van der Waals surface area contributed by atoms with Gasteiger partial charge in [-0.15, -0.1) is 0 Å². The summed E-state index contributed by atoms with van der Waals surface area (Å²) in [5.74, 6) is 0.398. The second-order valence-corrected chi connectivity index (χ2v) is 15.9. The third kappa shape index (κ3) is 4.84. The second-order valence-electron chi connectivity index (χ2n) is 15.1. The van der Waals surface area contributed by atoms with Crippen molar-refractivity contribution in [3.8, 4) is 17.2 Å². The quantitative estimate of drug-likeness (QED) is 0.291. The number of nitrogens with zero attached hydrogens (tertiary/aromatic N) is 7. The lowest BCUT2D eigenvalue weighted by Gasteiger charge is -2.54. The van der Waals surface area contributed by atoms with Gasteiger partial charge in [0.1, 0.15) is 17.9 Å². The van der Waals surface area contributed by atoms with Crippen molar-refractivity contribution in [2.45, 2.75) is 82.5 Å². The minimum absolute atomic E-state index is 0.0818. The van der Waals surface area contributed by atoms with E-state index in [2.05, 4.69) is 38.3 Å². The number of pyridine rings is 1. The molecule has 2 unspecified atom stereocenters. The SMILES string of the molecule is Cc1nc2c(F)c(-c3cccc(Cl)c3Cl)c(CCC#N)cc2c2c1CC(C)([C@H]1CC(C=[N+]3N=CC=N3)CN1C(=O)C1CC1)N2[C@H]1[C@H]2CN[C@@H]1C2. The first-order valence-corrected chi connectivity index (χ1v) is 18.4. The minimum Gasteiger partial charge on any atom is -0.358 e. The number of aromatic nitrogens is 1. The highest BCUT2D eigenvalue weighted by molar-refractivity contribution is 6.43. The number of hydrazone groups is 2. The van der Waals surface area contributed by atoms with Crippen molar-refractivity contribution in [1.82, 2.24) is 15.2 Å². The highest BCUT2D eigenvalue weighted by Gasteiger charge is 2.61. The molecule has 256 valence electrons. The number of fused-ring (bicyclic) bond motifs is 4. The molecule has 2 saturated carbocycles. The van der Waals surface area contributed by atoms with Gasteiger partial charge in [0, 0.05) is 76.3 Å². The van der Waals surface area contributed by atoms with Gasteiger partial charge in [0.25, 0.3) is 0 Å². The van der Waals surface area contributed by atoms with Crippen LogP contribution in [0.5, 0.6) is 0 Å². The van der Waals surface area contributed by atoms with Crippen LogP contribution in [-0.2, 0) is 17.6 Å². The lowest BCUT2D eigenvalue weighted by Crippen LogP contribution is -2.67. The van der Waals surface area contributed by atoms with Crippen LogP contribution >= 0.6 is 23.2 Å². The number of carbonyl (C=O) groups is 1. The average molecular weight is 713 g/mol. The largest absolute Gasteiger partial charge is 0.358 e. The first-order chi connectivity index (χ1) is 24.2. The molecule has 2 aliphatic carbocycles. The second kappa shape index (κ2) is 11.8. The Morgan fingerprint density at radius 3 is 2.74 bits per heavy atom. The summed E-state index contributed by atoms with van der Waals surface area (Å²) in [6.45, 7) is 5.85. The summed E-state index contributed by atoms with van der Waals surface area (Å²) in [5, 5.41) is 23.4. The van der Waals surface area contributed by atoms with Crippen molar-refractivity contribution in [3.05, 3.63) is 56.9 Å². The van der Waals surface area contributed by atoms with E-state index in [-0.39, 0.29) is 46.8 Å². The number of carbonyl (C=O) groups excluding carboxylic acids is 1. The maximum atomic E-state index is 17.2. The molecule has 3 aromatic rings. The molecule has 9 nitrogen and oxygen atoms in total. The summed E-state index contributed by atoms with van der Waals surface area (Å²) < 4.78 is 17.2. The van der Waals surface area contributed by atoms with Crippen LogP contribution < -0.4 is 10.2 Å². The lowest BCUT2D eigenvalue weighted by atomic mass is 9.75. The molecule has 2 aromatic carbocycles. The van der Waals surface area contributed by atoms with E-state index in [0.29, 0.717) is 53.1 Å². The molecule has 12 heteroatoms. The fourth-order valence-corrected chi connectivity index (χ4v) is 9.98. The summed E-state index contributed by atoms with van der Waals surface area (Å²) in [6.07, 6.45) is 10.4. The smallest absolute Gasteiger partial charge is 0.226 e. The number of benzene rings is 2. The maximum absolute atomic E-state index is 17.2. The van der Waals surface area contributed by atoms with E-state index in [1.165, 1.54) is 0 Å². The summed E-state index contributed by atoms with van der Waals surface area (Å²) in [6, 6.07) is 9.94. The van der Waals surface area contributed by atoms with Gasteiger partial charge in [-0.3, -0.25) is 4.79 Å². The molecule has 0 spiro atoms. The first-order valence-electron chi connectivity index (χ1n) is 17.7. The molecule has 6 atom stereocenters. The number of hydrogen-bond acceptors (Lipinski definition) is 7. The lowest BCUT2D eigenvalue weighted by molar-refractivity contribution is -0.531. The standard InChI is InChI=1S/C38H38Cl2FN8O/c1-20-27-16-38(2,30-13-21(19-48-44-11-12-45-48)18-47(30)37(50)22-8-9-22)49(35-24-15-29(35)43-17-24)36(27)26-14-23(5-4-10-42)31(33(41)34(26)46-20)25-6-3-7-28(39)32(25)40/h3,6-7,11-12,14,19,21-22,24,29-30,35,43H,4-5,8-9,13,15-18H2,1-2H3/q+1/t21?,24-,29-,30-,35+,38?/m1/s1. The fraction of sp³-hybridized carbons (Fsp3) is 0.474. The third-order valence-electron chi connectivity index (χ3n) is 12.1. The van der Waals surface area contributed by atoms with Crippen molar-refractivity contribution < 1.29 is 14.0 Å². The molecule has 3 saturated heterocycles. The summed E-state index contributed by atoms with van der Waals surface area (Å²) in [4.78, 5) is 25.4. The zero-order valence-corrected chi connectivity index (χ0v) is 29.6. The number of halogens is 3. The van der Waals surface area contributed by atoms with Crippen LogP contribution in [0.25, 0.3) is 22.0 Å². The molecule has 0 radical (unpaired) electrons. The molecule has 1 amide bonds. The number of hydrogen-bond donors (Lipinski definition) is 1. The van der Waals surface area contributed by atoms with Crippen molar-refractivity contribution >= 4 is 64.3 Å². The van der Waals surface area contributed by atoms with E-state index in [1.54, 1.807) is 35.4 Å². The number of amides is 1. The molecular weight excluding hydrogens is 674 g/mol. The number of aryl methyl sites for hydroxylation is 2. The van der Waals surface area contributed by atoms with Gasteiger partial charge in [0.15, 0.2) is 5.82 Å². The highest BCUT2D eigenvalue weighted by atomic mass is 35.5. The van der Waals surface area contributed by atoms with Crippen molar-refractivity contribution in [2.75, 3.05) is 18.0 Å². The van der Waals surface area contributed by atoms with Crippen LogP contribution in [0.1, 0.15) is 55.8 Å². The van der Waals surface area contributed by atoms with Gasteiger partial charge in [0.05, 0.1) is 44.1 Å². The van der Waals surface area contributed by atoms with E-state index >= 15 is 4.39 Å². The number of anilines is 1. The Morgan fingerprint density at radius 2 is 2.04 bits per heavy atom. The molecule has 7 aliphatic rings. The average Bonchev–Trinajstić information content (AvgIpc) is 3.57. The third-order valence-corrected chi connectivity index (χ3v) is 12.9. The van der Waals surface area contributed by atoms with E-state index in [0.717, 1.165) is 54.6 Å². The Hall–Kier alpha value is -3.91. The predicted molar refractivity (Wildman–Crippen MR) is 194 cm³/mol. The van der Waals surface area contributed by atoms with E-state index in [1.807, 2.05) is 19.2 Å². The van der Waals surface area contributed by atoms with Gasteiger partial charge < -0.3 is 15.1 Å². The molecule has 5 aliphatic heterocycles. The zero-order chi connectivity index (χ0) is 34.5. The van der Waals surface area contributed by atoms with E-state index < -0.39 is 11.4 Å². The van der Waals surface area contributed by atoms with Crippen molar-refractivity contribution in [1.29, 1.82) is 5.26 Å². The summed E-state index contributed by atoms with van der Waals surface area (Å²) >= 11 is 13.1. The topological polar surface area (TPSA) is 100.0 Å². The maximum Gasteiger partial charge on any atom is 0.226 e. The Labute approximate surface area is 300 Å². The molecule has 6 heterocycles. The van der Waals surface area contributed by atoms with E-state index in [9.17, 15) is 10.1 Å². The van der Waals surface area contributed by atoms with Gasteiger partial charge in [-0.25, -0.2) is 9.37 Å². The van der Waals surface area contributed by atoms with Gasteiger partial charge >= 0.3 is 0 Å². The number of likely N-dealkylation sites (tertiary alicyclic amines) is 1. The summed E-state index contributed by atoms with van der Waals surface area (Å²) in [7, 11) is 0. The molecule has 1 aromatic heterocycles.